The van der Waals surface area contributed by atoms with E-state index in [4.69, 9.17) is 13.0 Å². The van der Waals surface area contributed by atoms with Gasteiger partial charge in [-0.2, -0.15) is 17.7 Å². The van der Waals surface area contributed by atoms with Gasteiger partial charge < -0.3 is 4.55 Å². The summed E-state index contributed by atoms with van der Waals surface area (Å²) in [5.74, 6) is 0. The van der Waals surface area contributed by atoms with Gasteiger partial charge in [-0.3, -0.25) is 0 Å². The molecule has 0 fully saturated rings. The van der Waals surface area contributed by atoms with Gasteiger partial charge in [0.05, 0.1) is 0 Å². The maximum Gasteiger partial charge on any atom is 0.485 e. The Morgan fingerprint density at radius 2 is 1.56 bits per heavy atom. The topological polar surface area (TPSA) is 61.1 Å². The van der Waals surface area contributed by atoms with Crippen LogP contribution in [0, 0.1) is 0 Å². The molecule has 0 atom stereocenters. The van der Waals surface area contributed by atoms with Crippen LogP contribution in [-0.4, -0.2) is 18.5 Å². The first kappa shape index (κ1) is 21.1. The molecule has 1 aromatic carbocycles. The van der Waals surface area contributed by atoms with Crippen LogP contribution in [0.5, 0.6) is 0 Å². The summed E-state index contributed by atoms with van der Waals surface area (Å²) in [5, 5.41) is 0. The highest BCUT2D eigenvalue weighted by molar-refractivity contribution is 7.86. The Balaban J connectivity index is 0.000000333. The second-order valence-electron chi connectivity index (χ2n) is 5.20. The van der Waals surface area contributed by atoms with E-state index in [9.17, 15) is 13.2 Å². The molecular weight excluding hydrogens is 355 g/mol. The molecule has 0 N–H and O–H groups in total. The first-order chi connectivity index (χ1) is 11.6. The Hall–Kier alpha value is -1.93. The number of benzene rings is 1. The van der Waals surface area contributed by atoms with Gasteiger partial charge in [0.2, 0.25) is 0 Å². The highest BCUT2D eigenvalue weighted by Gasteiger charge is 2.36. The van der Waals surface area contributed by atoms with Gasteiger partial charge in [-0.25, -0.2) is 8.42 Å². The molecule has 0 aliphatic rings. The summed E-state index contributed by atoms with van der Waals surface area (Å²) in [6.07, 6.45) is 4.39. The molecule has 0 aliphatic heterocycles. The van der Waals surface area contributed by atoms with E-state index in [0.29, 0.717) is 0 Å². The van der Waals surface area contributed by atoms with Crippen molar-refractivity contribution in [2.75, 3.05) is 0 Å². The van der Waals surface area contributed by atoms with Crippen LogP contribution in [0.4, 0.5) is 13.2 Å². The number of aromatic nitrogens is 1. The third-order valence-corrected chi connectivity index (χ3v) is 4.04. The van der Waals surface area contributed by atoms with Crippen molar-refractivity contribution in [3.63, 3.8) is 0 Å². The fraction of sp³-hybridized carbons (Fsp3) is 0.353. The van der Waals surface area contributed by atoms with Crippen LogP contribution in [0.25, 0.3) is 0 Å². The van der Waals surface area contributed by atoms with Gasteiger partial charge in [0.1, 0.15) is 0 Å². The van der Waals surface area contributed by atoms with Gasteiger partial charge in [-0.15, -0.1) is 0 Å². The Bertz CT molecular complexity index is 775. The van der Waals surface area contributed by atoms with Gasteiger partial charge >= 0.3 is 5.51 Å². The molecule has 8 heteroatoms. The van der Waals surface area contributed by atoms with E-state index in [2.05, 4.69) is 67.1 Å². The lowest BCUT2D eigenvalue weighted by atomic mass is 10.1. The van der Waals surface area contributed by atoms with Gasteiger partial charge in [-0.1, -0.05) is 44.2 Å². The molecule has 0 spiro atoms. The summed E-state index contributed by atoms with van der Waals surface area (Å²) in [4.78, 5) is 0. The Morgan fingerprint density at radius 3 is 2.00 bits per heavy atom. The van der Waals surface area contributed by atoms with Crippen molar-refractivity contribution < 1.29 is 30.7 Å². The molecular formula is C17H20F3NO3S. The zero-order valence-electron chi connectivity index (χ0n) is 14.0. The van der Waals surface area contributed by atoms with Gasteiger partial charge in [0.15, 0.2) is 28.6 Å². The van der Waals surface area contributed by atoms with Crippen LogP contribution in [0.3, 0.4) is 0 Å². The smallest absolute Gasteiger partial charge is 0.485 e. The molecule has 25 heavy (non-hydrogen) atoms. The summed E-state index contributed by atoms with van der Waals surface area (Å²) >= 11 is 0. The molecule has 0 saturated heterocycles. The summed E-state index contributed by atoms with van der Waals surface area (Å²) in [6, 6.07) is 15.0. The van der Waals surface area contributed by atoms with Gasteiger partial charge in [-0.05, 0) is 12.5 Å². The maximum absolute atomic E-state index is 10.7. The zero-order chi connectivity index (χ0) is 19.1. The molecule has 0 radical (unpaired) electrons. The summed E-state index contributed by atoms with van der Waals surface area (Å²) in [7, 11) is -6.09. The molecule has 0 unspecified atom stereocenters. The van der Waals surface area contributed by atoms with Crippen LogP contribution in [0.15, 0.2) is 48.7 Å². The van der Waals surface area contributed by atoms with E-state index in [1.54, 1.807) is 0 Å². The molecule has 2 rings (SSSR count). The first-order valence-corrected chi connectivity index (χ1v) is 9.07. The molecule has 1 aromatic heterocycles. The normalized spacial score (nSPS) is 11.6. The molecule has 0 saturated carbocycles. The van der Waals surface area contributed by atoms with E-state index >= 15 is 0 Å². The van der Waals surface area contributed by atoms with Crippen LogP contribution in [-0.2, 0) is 29.5 Å². The Morgan fingerprint density at radius 1 is 1.00 bits per heavy atom. The van der Waals surface area contributed by atoms with Gasteiger partial charge in [0, 0.05) is 23.6 Å². The molecule has 4 nitrogen and oxygen atoms in total. The van der Waals surface area contributed by atoms with Crippen molar-refractivity contribution >= 4 is 10.1 Å². The molecule has 0 aliphatic carbocycles. The van der Waals surface area contributed by atoms with Crippen molar-refractivity contribution in [1.82, 2.24) is 0 Å². The summed E-state index contributed by atoms with van der Waals surface area (Å²) in [5.41, 5.74) is -1.36. The molecule has 0 bridgehead atoms. The van der Waals surface area contributed by atoms with E-state index in [-0.39, 0.29) is 0 Å². The van der Waals surface area contributed by atoms with Crippen LogP contribution in [0.2, 0.25) is 0 Å². The van der Waals surface area contributed by atoms with Gasteiger partial charge in [0.25, 0.3) is 0 Å². The quantitative estimate of drug-likeness (QED) is 0.468. The average Bonchev–Trinajstić information content (AvgIpc) is 2.54. The second-order valence-corrected chi connectivity index (χ2v) is 6.57. The van der Waals surface area contributed by atoms with Crippen molar-refractivity contribution in [1.29, 1.82) is 0 Å². The number of aryl methyl sites for hydroxylation is 1. The highest BCUT2D eigenvalue weighted by atomic mass is 32.2. The number of rotatable bonds is 4. The minimum atomic E-state index is -6.09. The lowest BCUT2D eigenvalue weighted by Crippen LogP contribution is -2.39. The van der Waals surface area contributed by atoms with E-state index in [1.165, 1.54) is 16.8 Å². The van der Waals surface area contributed by atoms with Crippen LogP contribution < -0.4 is 4.57 Å². The fourth-order valence-electron chi connectivity index (χ4n) is 2.31. The van der Waals surface area contributed by atoms with Crippen molar-refractivity contribution in [2.24, 2.45) is 0 Å². The van der Waals surface area contributed by atoms with Crippen molar-refractivity contribution in [3.8, 4) is 0 Å². The average molecular weight is 375 g/mol. The minimum Gasteiger partial charge on any atom is -0.741 e. The molecule has 138 valence electrons. The molecule has 0 amide bonds. The summed E-state index contributed by atoms with van der Waals surface area (Å²) < 4.78 is 61.3. The van der Waals surface area contributed by atoms with E-state index in [1.807, 2.05) is 0 Å². The van der Waals surface area contributed by atoms with Crippen molar-refractivity contribution in [3.05, 3.63) is 65.5 Å². The lowest BCUT2D eigenvalue weighted by Gasteiger charge is -2.08. The second kappa shape index (κ2) is 8.96. The highest BCUT2D eigenvalue weighted by Crippen LogP contribution is 2.20. The Labute approximate surface area is 145 Å². The summed E-state index contributed by atoms with van der Waals surface area (Å²) in [6.45, 7) is 5.43. The number of alkyl halides is 3. The SMILES string of the molecule is CCc1ccc[n+](Cc2ccccc2)c1CC.O=S(=O)([O-])C(F)(F)F. The third-order valence-electron chi connectivity index (χ3n) is 3.48. The maximum atomic E-state index is 10.7. The number of pyridine rings is 1. The van der Waals surface area contributed by atoms with E-state index < -0.39 is 15.6 Å². The molecule has 2 aromatic rings. The fourth-order valence-corrected chi connectivity index (χ4v) is 2.31. The van der Waals surface area contributed by atoms with Crippen molar-refractivity contribution in [2.45, 2.75) is 38.7 Å². The largest absolute Gasteiger partial charge is 0.741 e. The minimum absolute atomic E-state index is 0.970. The monoisotopic (exact) mass is 375 g/mol. The van der Waals surface area contributed by atoms with Crippen LogP contribution in [0.1, 0.15) is 30.7 Å². The standard InChI is InChI=1S/C16H20N.CHF3O3S/c1-3-15-11-8-12-17(16(15)4-2)13-14-9-6-5-7-10-14;2-1(3,4)8(5,6)7/h5-12H,3-4,13H2,1-2H3;(H,5,6,7)/q+1;/p-1. The number of hydrogen-bond donors (Lipinski definition) is 0. The van der Waals surface area contributed by atoms with E-state index in [0.717, 1.165) is 19.4 Å². The lowest BCUT2D eigenvalue weighted by molar-refractivity contribution is -0.696. The zero-order valence-corrected chi connectivity index (χ0v) is 14.8. The first-order valence-electron chi connectivity index (χ1n) is 7.66. The number of halogens is 3. The van der Waals surface area contributed by atoms with Crippen LogP contribution >= 0.6 is 0 Å². The predicted molar refractivity (Wildman–Crippen MR) is 86.7 cm³/mol. The number of hydrogen-bond acceptors (Lipinski definition) is 3. The third kappa shape index (κ3) is 6.47. The molecule has 1 heterocycles. The Kier molecular flexibility index (Phi) is 7.57. The number of nitrogens with zero attached hydrogens (tertiary/aromatic N) is 1. The predicted octanol–water partition coefficient (Wildman–Crippen LogP) is 3.20.